The molecule has 1 aliphatic rings. The van der Waals surface area contributed by atoms with E-state index in [4.69, 9.17) is 0 Å². The molecule has 5 rings (SSSR count). The normalized spacial score (nSPS) is 15.3. The number of pyridine rings is 1. The maximum Gasteiger partial charge on any atom is 0.252 e. The fourth-order valence-corrected chi connectivity index (χ4v) is 5.24. The van der Waals surface area contributed by atoms with E-state index in [0.717, 1.165) is 47.1 Å². The molecule has 4 aromatic rings. The summed E-state index contributed by atoms with van der Waals surface area (Å²) in [6, 6.07) is 14.8. The Kier molecular flexibility index (Phi) is 6.72. The number of halogens is 1. The third-order valence-corrected chi connectivity index (χ3v) is 7.06. The number of nitrogens with zero attached hydrogens (tertiary/aromatic N) is 5. The first-order valence-corrected chi connectivity index (χ1v) is 12.4. The fourth-order valence-electron chi connectivity index (χ4n) is 5.24. The van der Waals surface area contributed by atoms with Gasteiger partial charge in [0.2, 0.25) is 0 Å². The van der Waals surface area contributed by atoms with Gasteiger partial charge in [0.05, 0.1) is 12.1 Å². The number of rotatable bonds is 8. The molecule has 2 heterocycles. The number of H-pyrrole nitrogens is 1. The van der Waals surface area contributed by atoms with Crippen LogP contribution >= 0.6 is 0 Å². The third kappa shape index (κ3) is 5.03. The van der Waals surface area contributed by atoms with Crippen LogP contribution < -0.4 is 5.56 Å². The van der Waals surface area contributed by atoms with Crippen molar-refractivity contribution in [1.82, 2.24) is 30.1 Å². The number of hydrogen-bond acceptors (Lipinski definition) is 5. The number of hydrogen-bond donors (Lipinski definition) is 1. The Morgan fingerprint density at radius 2 is 1.89 bits per heavy atom. The van der Waals surface area contributed by atoms with E-state index in [1.807, 2.05) is 29.8 Å². The van der Waals surface area contributed by atoms with E-state index in [2.05, 4.69) is 38.4 Å². The van der Waals surface area contributed by atoms with Gasteiger partial charge in [-0.1, -0.05) is 43.5 Å². The topological polar surface area (TPSA) is 79.7 Å². The zero-order valence-corrected chi connectivity index (χ0v) is 20.2. The average molecular weight is 475 g/mol. The monoisotopic (exact) mass is 474 g/mol. The molecule has 7 nitrogen and oxygen atoms in total. The molecular formula is C27H31FN6O. The maximum atomic E-state index is 13.6. The summed E-state index contributed by atoms with van der Waals surface area (Å²) < 4.78 is 15.6. The smallest absolute Gasteiger partial charge is 0.252 e. The lowest BCUT2D eigenvalue weighted by Gasteiger charge is -2.31. The quantitative estimate of drug-likeness (QED) is 0.378. The van der Waals surface area contributed by atoms with Crippen LogP contribution in [0.1, 0.15) is 73.6 Å². The number of fused-ring (bicyclic) bond motifs is 1. The summed E-state index contributed by atoms with van der Waals surface area (Å²) in [5.74, 6) is 0.563. The van der Waals surface area contributed by atoms with E-state index in [0.29, 0.717) is 24.7 Å². The van der Waals surface area contributed by atoms with Crippen molar-refractivity contribution in [1.29, 1.82) is 0 Å². The van der Waals surface area contributed by atoms with Crippen LogP contribution in [0.2, 0.25) is 0 Å². The molecule has 0 spiro atoms. The Hall–Kier alpha value is -3.39. The maximum absolute atomic E-state index is 13.6. The minimum absolute atomic E-state index is 0.0942. The van der Waals surface area contributed by atoms with Gasteiger partial charge in [0, 0.05) is 24.2 Å². The van der Waals surface area contributed by atoms with Gasteiger partial charge in [0.25, 0.3) is 5.56 Å². The van der Waals surface area contributed by atoms with Crippen molar-refractivity contribution in [3.8, 4) is 0 Å². The molecule has 1 fully saturated rings. The minimum atomic E-state index is -0.265. The molecule has 1 saturated carbocycles. The molecular weight excluding hydrogens is 443 g/mol. The number of aryl methyl sites for hydroxylation is 1. The van der Waals surface area contributed by atoms with Crippen LogP contribution in [0.15, 0.2) is 53.3 Å². The molecule has 1 aliphatic carbocycles. The van der Waals surface area contributed by atoms with Crippen LogP contribution in [0.25, 0.3) is 10.9 Å². The minimum Gasteiger partial charge on any atom is -0.322 e. The number of tetrazole rings is 1. The highest BCUT2D eigenvalue weighted by Gasteiger charge is 2.29. The highest BCUT2D eigenvalue weighted by atomic mass is 19.1. The molecule has 0 saturated heterocycles. The van der Waals surface area contributed by atoms with E-state index in [-0.39, 0.29) is 17.4 Å². The standard InChI is InChI=1S/C27H31FN6O/c1-3-25(26-30-31-32-34(26)23-6-4-5-7-23)33(16-19-9-11-22(28)12-10-19)17-21-15-20-14-18(2)8-13-24(20)29-27(21)35/h8-15,23,25H,3-7,16-17H2,1-2H3,(H,29,35)/t25-/m1/s1. The van der Waals surface area contributed by atoms with Crippen molar-refractivity contribution in [2.45, 2.75) is 71.1 Å². The van der Waals surface area contributed by atoms with Crippen molar-refractivity contribution in [3.63, 3.8) is 0 Å². The third-order valence-electron chi connectivity index (χ3n) is 7.06. The predicted molar refractivity (Wildman–Crippen MR) is 133 cm³/mol. The SMILES string of the molecule is CC[C@H](c1nnnn1C1CCCC1)N(Cc1ccc(F)cc1)Cc1cc2cc(C)ccc2[nH]c1=O. The highest BCUT2D eigenvalue weighted by molar-refractivity contribution is 5.79. The molecule has 0 unspecified atom stereocenters. The fraction of sp³-hybridized carbons (Fsp3) is 0.407. The van der Waals surface area contributed by atoms with Crippen LogP contribution in [-0.2, 0) is 13.1 Å². The first-order valence-electron chi connectivity index (χ1n) is 12.4. The number of aromatic amines is 1. The van der Waals surface area contributed by atoms with Crippen LogP contribution in [0.3, 0.4) is 0 Å². The summed E-state index contributed by atoms with van der Waals surface area (Å²) in [4.78, 5) is 18.3. The van der Waals surface area contributed by atoms with Crippen LogP contribution in [0.5, 0.6) is 0 Å². The molecule has 2 aromatic heterocycles. The zero-order chi connectivity index (χ0) is 24.4. The van der Waals surface area contributed by atoms with Gasteiger partial charge in [-0.05, 0) is 77.9 Å². The summed E-state index contributed by atoms with van der Waals surface area (Å²) >= 11 is 0. The molecule has 0 amide bonds. The van der Waals surface area contributed by atoms with Crippen LogP contribution in [0.4, 0.5) is 4.39 Å². The first kappa shape index (κ1) is 23.4. The van der Waals surface area contributed by atoms with Crippen LogP contribution in [0, 0.1) is 12.7 Å². The van der Waals surface area contributed by atoms with E-state index < -0.39 is 0 Å². The summed E-state index contributed by atoms with van der Waals surface area (Å²) in [6.07, 6.45) is 5.31. The largest absolute Gasteiger partial charge is 0.322 e. The predicted octanol–water partition coefficient (Wildman–Crippen LogP) is 5.23. The van der Waals surface area contributed by atoms with Gasteiger partial charge in [-0.25, -0.2) is 9.07 Å². The van der Waals surface area contributed by atoms with Gasteiger partial charge < -0.3 is 4.98 Å². The van der Waals surface area contributed by atoms with Crippen molar-refractivity contribution >= 4 is 10.9 Å². The molecule has 182 valence electrons. The van der Waals surface area contributed by atoms with Gasteiger partial charge in [-0.2, -0.15) is 0 Å². The molecule has 0 radical (unpaired) electrons. The second-order valence-electron chi connectivity index (χ2n) is 9.59. The highest BCUT2D eigenvalue weighted by Crippen LogP contribution is 2.33. The van der Waals surface area contributed by atoms with E-state index >= 15 is 0 Å². The van der Waals surface area contributed by atoms with Gasteiger partial charge >= 0.3 is 0 Å². The van der Waals surface area contributed by atoms with Crippen molar-refractivity contribution in [2.75, 3.05) is 0 Å². The lowest BCUT2D eigenvalue weighted by Crippen LogP contribution is -2.32. The molecule has 35 heavy (non-hydrogen) atoms. The average Bonchev–Trinajstić information content (AvgIpc) is 3.54. The Morgan fingerprint density at radius 1 is 1.11 bits per heavy atom. The molecule has 1 atom stereocenters. The number of benzene rings is 2. The van der Waals surface area contributed by atoms with E-state index in [1.54, 1.807) is 12.1 Å². The summed E-state index contributed by atoms with van der Waals surface area (Å²) in [5, 5.41) is 13.8. The zero-order valence-electron chi connectivity index (χ0n) is 20.2. The summed E-state index contributed by atoms with van der Waals surface area (Å²) in [7, 11) is 0. The first-order chi connectivity index (χ1) is 17.0. The Balaban J connectivity index is 1.53. The van der Waals surface area contributed by atoms with Crippen molar-refractivity contribution < 1.29 is 4.39 Å². The summed E-state index contributed by atoms with van der Waals surface area (Å²) in [5.41, 5.74) is 3.52. The van der Waals surface area contributed by atoms with Crippen molar-refractivity contribution in [2.24, 2.45) is 0 Å². The van der Waals surface area contributed by atoms with E-state index in [9.17, 15) is 9.18 Å². The Labute approximate surface area is 204 Å². The lowest BCUT2D eigenvalue weighted by molar-refractivity contribution is 0.158. The van der Waals surface area contributed by atoms with Crippen molar-refractivity contribution in [3.05, 3.63) is 87.2 Å². The lowest BCUT2D eigenvalue weighted by atomic mass is 10.1. The van der Waals surface area contributed by atoms with Gasteiger partial charge in [-0.3, -0.25) is 9.69 Å². The Bertz CT molecular complexity index is 1360. The molecule has 0 bridgehead atoms. The molecule has 0 aliphatic heterocycles. The van der Waals surface area contributed by atoms with E-state index in [1.165, 1.54) is 25.0 Å². The van der Waals surface area contributed by atoms with Gasteiger partial charge in [0.1, 0.15) is 5.82 Å². The van der Waals surface area contributed by atoms with Gasteiger partial charge in [-0.15, -0.1) is 5.10 Å². The number of aromatic nitrogens is 5. The second kappa shape index (κ2) is 10.1. The van der Waals surface area contributed by atoms with Crippen LogP contribution in [-0.4, -0.2) is 30.1 Å². The summed E-state index contributed by atoms with van der Waals surface area (Å²) in [6.45, 7) is 5.12. The number of nitrogens with one attached hydrogen (secondary N) is 1. The molecule has 8 heteroatoms. The Morgan fingerprint density at radius 3 is 2.63 bits per heavy atom. The van der Waals surface area contributed by atoms with Gasteiger partial charge in [0.15, 0.2) is 5.82 Å². The molecule has 1 N–H and O–H groups in total. The second-order valence-corrected chi connectivity index (χ2v) is 9.59. The molecule has 2 aromatic carbocycles.